The van der Waals surface area contributed by atoms with Crippen molar-refractivity contribution < 1.29 is 24.5 Å². The Morgan fingerprint density at radius 2 is 1.96 bits per heavy atom. The quantitative estimate of drug-likeness (QED) is 0.472. The van der Waals surface area contributed by atoms with Crippen LogP contribution in [0.2, 0.25) is 0 Å². The molecule has 0 bridgehead atoms. The van der Waals surface area contributed by atoms with Crippen LogP contribution in [0.4, 0.5) is 0 Å². The van der Waals surface area contributed by atoms with E-state index in [1.807, 2.05) is 0 Å². The second kappa shape index (κ2) is 6.54. The molecule has 0 aliphatic rings. The highest BCUT2D eigenvalue weighted by molar-refractivity contribution is 6.13. The fraction of sp³-hybridized carbons (Fsp3) is 0.0588. The van der Waals surface area contributed by atoms with E-state index in [-0.39, 0.29) is 5.39 Å². The van der Waals surface area contributed by atoms with Crippen LogP contribution in [0.25, 0.3) is 10.8 Å². The molecule has 1 aromatic carbocycles. The lowest BCUT2D eigenvalue weighted by atomic mass is 10.1. The Morgan fingerprint density at radius 3 is 2.64 bits per heavy atom. The number of benzene rings is 1. The van der Waals surface area contributed by atoms with E-state index in [1.165, 1.54) is 18.5 Å². The molecule has 1 atom stereocenters. The highest BCUT2D eigenvalue weighted by Gasteiger charge is 2.27. The average Bonchev–Trinajstić information content (AvgIpc) is 2.62. The fourth-order valence-electron chi connectivity index (χ4n) is 2.22. The van der Waals surface area contributed by atoms with Gasteiger partial charge in [-0.25, -0.2) is 4.98 Å². The molecular formula is C17H13N3O5. The molecule has 0 aliphatic heterocycles. The number of nitrogens with zero attached hydrogens (tertiary/aromatic N) is 2. The highest BCUT2D eigenvalue weighted by atomic mass is 16.5. The summed E-state index contributed by atoms with van der Waals surface area (Å²) < 4.78 is 5.63. The van der Waals surface area contributed by atoms with E-state index in [0.29, 0.717) is 16.9 Å². The molecule has 8 nitrogen and oxygen atoms in total. The maximum Gasteiger partial charge on any atom is 0.328 e. The van der Waals surface area contributed by atoms with E-state index in [4.69, 9.17) is 15.6 Å². The lowest BCUT2D eigenvalue weighted by Crippen LogP contribution is -2.38. The molecule has 0 spiro atoms. The van der Waals surface area contributed by atoms with E-state index in [9.17, 15) is 14.7 Å². The molecule has 0 aliphatic carbocycles. The highest BCUT2D eigenvalue weighted by Crippen LogP contribution is 2.32. The number of Topliss-reactive ketones (excluding diaryl/α,β-unsaturated/α-hetero) is 1. The lowest BCUT2D eigenvalue weighted by Gasteiger charge is -2.10. The van der Waals surface area contributed by atoms with Crippen LogP contribution in [0.3, 0.4) is 0 Å². The van der Waals surface area contributed by atoms with Crippen LogP contribution in [-0.4, -0.2) is 38.0 Å². The summed E-state index contributed by atoms with van der Waals surface area (Å²) in [6, 6.07) is 6.46. The van der Waals surface area contributed by atoms with Crippen LogP contribution in [0.5, 0.6) is 17.2 Å². The first-order chi connectivity index (χ1) is 12.0. The molecule has 0 saturated carbocycles. The topological polar surface area (TPSA) is 136 Å². The number of hydrogen-bond acceptors (Lipinski definition) is 7. The summed E-state index contributed by atoms with van der Waals surface area (Å²) in [6.07, 6.45) is 4.48. The van der Waals surface area contributed by atoms with Gasteiger partial charge < -0.3 is 20.7 Å². The number of rotatable bonds is 5. The maximum atomic E-state index is 12.1. The Bertz CT molecular complexity index is 959. The molecular weight excluding hydrogens is 326 g/mol. The largest absolute Gasteiger partial charge is 0.505 e. The van der Waals surface area contributed by atoms with E-state index < -0.39 is 29.2 Å². The van der Waals surface area contributed by atoms with Gasteiger partial charge in [-0.2, -0.15) is 0 Å². The van der Waals surface area contributed by atoms with Crippen LogP contribution >= 0.6 is 0 Å². The normalized spacial score (nSPS) is 11.9. The molecule has 25 heavy (non-hydrogen) atoms. The third kappa shape index (κ3) is 3.24. The van der Waals surface area contributed by atoms with Crippen molar-refractivity contribution in [2.45, 2.75) is 6.04 Å². The molecule has 0 amide bonds. The number of fused-ring (bicyclic) bond motifs is 1. The summed E-state index contributed by atoms with van der Waals surface area (Å²) in [7, 11) is 0. The number of ether oxygens (including phenoxy) is 1. The number of pyridine rings is 2. The first-order valence-corrected chi connectivity index (χ1v) is 7.19. The van der Waals surface area contributed by atoms with Crippen molar-refractivity contribution in [2.75, 3.05) is 0 Å². The second-order valence-electron chi connectivity index (χ2n) is 5.18. The molecule has 2 heterocycles. The fourth-order valence-corrected chi connectivity index (χ4v) is 2.22. The number of carboxylic acids is 1. The van der Waals surface area contributed by atoms with Crippen LogP contribution in [0.15, 0.2) is 48.9 Å². The summed E-state index contributed by atoms with van der Waals surface area (Å²) in [5.41, 5.74) is 4.90. The first-order valence-electron chi connectivity index (χ1n) is 7.19. The first kappa shape index (κ1) is 16.3. The minimum absolute atomic E-state index is 0.289. The number of carbonyl (C=O) groups excluding carboxylic acids is 1. The van der Waals surface area contributed by atoms with Crippen LogP contribution in [-0.2, 0) is 4.79 Å². The van der Waals surface area contributed by atoms with Crippen molar-refractivity contribution in [1.82, 2.24) is 9.97 Å². The molecule has 4 N–H and O–H groups in total. The van der Waals surface area contributed by atoms with E-state index in [2.05, 4.69) is 9.97 Å². The molecule has 126 valence electrons. The molecule has 1 unspecified atom stereocenters. The number of aliphatic carboxylic acids is 1. The van der Waals surface area contributed by atoms with Gasteiger partial charge in [0, 0.05) is 23.2 Å². The number of carboxylic acid groups (broad SMARTS) is 1. The molecule has 3 aromatic rings. The minimum atomic E-state index is -1.80. The smallest absolute Gasteiger partial charge is 0.328 e. The maximum absolute atomic E-state index is 12.1. The predicted molar refractivity (Wildman–Crippen MR) is 87.7 cm³/mol. The Hall–Kier alpha value is -3.52. The summed E-state index contributed by atoms with van der Waals surface area (Å²) in [5.74, 6) is -2.02. The molecule has 0 radical (unpaired) electrons. The van der Waals surface area contributed by atoms with E-state index in [0.717, 1.165) is 0 Å². The number of ketones is 1. The van der Waals surface area contributed by atoms with Gasteiger partial charge in [-0.3, -0.25) is 14.6 Å². The number of aromatic hydroxyl groups is 1. The monoisotopic (exact) mass is 339 g/mol. The average molecular weight is 339 g/mol. The van der Waals surface area contributed by atoms with Gasteiger partial charge >= 0.3 is 5.97 Å². The Kier molecular flexibility index (Phi) is 4.27. The van der Waals surface area contributed by atoms with Gasteiger partial charge in [-0.1, -0.05) is 0 Å². The third-order valence-electron chi connectivity index (χ3n) is 3.49. The van der Waals surface area contributed by atoms with Gasteiger partial charge in [0.05, 0.1) is 6.20 Å². The van der Waals surface area contributed by atoms with Gasteiger partial charge in [0.25, 0.3) is 0 Å². The van der Waals surface area contributed by atoms with Crippen molar-refractivity contribution in [1.29, 1.82) is 0 Å². The van der Waals surface area contributed by atoms with Gasteiger partial charge in [0.1, 0.15) is 11.5 Å². The molecule has 2 aromatic heterocycles. The van der Waals surface area contributed by atoms with Gasteiger partial charge in [0.2, 0.25) is 5.78 Å². The van der Waals surface area contributed by atoms with Gasteiger partial charge in [0.15, 0.2) is 17.5 Å². The van der Waals surface area contributed by atoms with Crippen LogP contribution in [0, 0.1) is 0 Å². The Labute approximate surface area is 141 Å². The minimum Gasteiger partial charge on any atom is -0.505 e. The molecule has 0 fully saturated rings. The molecule has 8 heteroatoms. The second-order valence-corrected chi connectivity index (χ2v) is 5.18. The number of aromatic nitrogens is 2. The molecule has 0 saturated heterocycles. The van der Waals surface area contributed by atoms with E-state index >= 15 is 0 Å². The Balaban J connectivity index is 2.02. The zero-order valence-corrected chi connectivity index (χ0v) is 12.8. The van der Waals surface area contributed by atoms with Crippen molar-refractivity contribution in [3.05, 3.63) is 54.6 Å². The summed E-state index contributed by atoms with van der Waals surface area (Å²) in [6.45, 7) is 0. The van der Waals surface area contributed by atoms with Crippen LogP contribution in [0.1, 0.15) is 10.5 Å². The predicted octanol–water partition coefficient (Wildman–Crippen LogP) is 1.72. The van der Waals surface area contributed by atoms with Crippen molar-refractivity contribution in [2.24, 2.45) is 5.73 Å². The van der Waals surface area contributed by atoms with Crippen LogP contribution < -0.4 is 10.5 Å². The number of nitrogens with two attached hydrogens (primary N) is 1. The Morgan fingerprint density at radius 1 is 1.16 bits per heavy atom. The summed E-state index contributed by atoms with van der Waals surface area (Å²) in [4.78, 5) is 30.7. The summed E-state index contributed by atoms with van der Waals surface area (Å²) >= 11 is 0. The zero-order valence-electron chi connectivity index (χ0n) is 12.8. The van der Waals surface area contributed by atoms with E-state index in [1.54, 1.807) is 30.5 Å². The zero-order chi connectivity index (χ0) is 18.0. The number of hydrogen-bond donors (Lipinski definition) is 3. The van der Waals surface area contributed by atoms with Gasteiger partial charge in [-0.15, -0.1) is 0 Å². The lowest BCUT2D eigenvalue weighted by molar-refractivity contribution is -0.137. The van der Waals surface area contributed by atoms with Crippen molar-refractivity contribution >= 4 is 22.5 Å². The van der Waals surface area contributed by atoms with Gasteiger partial charge in [-0.05, 0) is 30.3 Å². The molecule has 3 rings (SSSR count). The summed E-state index contributed by atoms with van der Waals surface area (Å²) in [5, 5.41) is 20.0. The standard InChI is InChI=1S/C17H13N3O5/c18-13(17(23)24)16(22)14-15(21)12-6-10(4-3-9(12)7-20-14)25-11-2-1-5-19-8-11/h1-8,13,21H,18H2,(H,23,24). The third-order valence-corrected chi connectivity index (χ3v) is 3.49. The SMILES string of the molecule is NC(C(=O)O)C(=O)c1ncc2ccc(Oc3cccnc3)cc2c1O. The van der Waals surface area contributed by atoms with Crippen molar-refractivity contribution in [3.63, 3.8) is 0 Å². The number of carbonyl (C=O) groups is 2. The van der Waals surface area contributed by atoms with Crippen molar-refractivity contribution in [3.8, 4) is 17.2 Å².